The van der Waals surface area contributed by atoms with Gasteiger partial charge in [0.05, 0.1) is 0 Å². The first kappa shape index (κ1) is 13.1. The third kappa shape index (κ3) is 4.68. The van der Waals surface area contributed by atoms with Crippen LogP contribution in [0.5, 0.6) is 0 Å². The second kappa shape index (κ2) is 7.30. The minimum atomic E-state index is -0.527. The Kier molecular flexibility index (Phi) is 5.96. The van der Waals surface area contributed by atoms with E-state index in [1.54, 1.807) is 0 Å². The Labute approximate surface area is 95.1 Å². The molecule has 0 aromatic heterocycles. The van der Waals surface area contributed by atoms with Gasteiger partial charge in [0.2, 0.25) is 0 Å². The highest BCUT2D eigenvalue weighted by Gasteiger charge is 2.02. The Morgan fingerprint density at radius 1 is 1.06 bits per heavy atom. The zero-order valence-electron chi connectivity index (χ0n) is 9.52. The van der Waals surface area contributed by atoms with E-state index in [2.05, 4.69) is 10.6 Å². The Balaban J connectivity index is 2.21. The highest BCUT2D eigenvalue weighted by molar-refractivity contribution is 5.18. The van der Waals surface area contributed by atoms with E-state index in [1.165, 1.54) is 12.1 Å². The van der Waals surface area contributed by atoms with Crippen LogP contribution < -0.4 is 10.6 Å². The van der Waals surface area contributed by atoms with Gasteiger partial charge in [0.1, 0.15) is 11.6 Å². The van der Waals surface area contributed by atoms with E-state index in [1.807, 2.05) is 6.92 Å². The van der Waals surface area contributed by atoms with Gasteiger partial charge in [-0.1, -0.05) is 13.0 Å². The van der Waals surface area contributed by atoms with Gasteiger partial charge in [0.25, 0.3) is 0 Å². The lowest BCUT2D eigenvalue weighted by Crippen LogP contribution is -2.28. The maximum absolute atomic E-state index is 13.2. The van der Waals surface area contributed by atoms with Crippen molar-refractivity contribution in [2.75, 3.05) is 26.2 Å². The number of hydrogen-bond donors (Lipinski definition) is 2. The molecular formula is C12H18F2N2. The minimum absolute atomic E-state index is 0.464. The lowest BCUT2D eigenvalue weighted by atomic mass is 10.1. The molecule has 0 aliphatic carbocycles. The Morgan fingerprint density at radius 3 is 2.50 bits per heavy atom. The molecule has 0 radical (unpaired) electrons. The largest absolute Gasteiger partial charge is 0.316 e. The molecule has 1 aromatic rings. The number of benzene rings is 1. The molecule has 0 unspecified atom stereocenters. The van der Waals surface area contributed by atoms with Gasteiger partial charge in [-0.05, 0) is 31.1 Å². The van der Waals surface area contributed by atoms with E-state index in [4.69, 9.17) is 0 Å². The maximum atomic E-state index is 13.2. The Bertz CT molecular complexity index is 316. The summed E-state index contributed by atoms with van der Waals surface area (Å²) in [5.74, 6) is -0.991. The van der Waals surface area contributed by atoms with E-state index in [9.17, 15) is 8.78 Å². The molecule has 0 bridgehead atoms. The lowest BCUT2D eigenvalue weighted by Gasteiger charge is -2.06. The van der Waals surface area contributed by atoms with Crippen LogP contribution in [0, 0.1) is 11.6 Å². The van der Waals surface area contributed by atoms with Crippen LogP contribution in [0.3, 0.4) is 0 Å². The molecule has 2 nitrogen and oxygen atoms in total. The van der Waals surface area contributed by atoms with Crippen LogP contribution in [0.15, 0.2) is 18.2 Å². The third-order valence-electron chi connectivity index (χ3n) is 2.31. The van der Waals surface area contributed by atoms with Crippen LogP contribution in [-0.4, -0.2) is 26.2 Å². The molecule has 1 aromatic carbocycles. The molecule has 90 valence electrons. The second-order valence-electron chi connectivity index (χ2n) is 3.59. The molecule has 0 spiro atoms. The number of rotatable bonds is 7. The molecule has 0 saturated carbocycles. The molecule has 1 rings (SSSR count). The molecule has 0 fully saturated rings. The molecule has 2 N–H and O–H groups in total. The van der Waals surface area contributed by atoms with E-state index < -0.39 is 11.6 Å². The maximum Gasteiger partial charge on any atom is 0.129 e. The summed E-state index contributed by atoms with van der Waals surface area (Å²) in [5.41, 5.74) is 0.553. The van der Waals surface area contributed by atoms with E-state index in [0.717, 1.165) is 25.7 Å². The van der Waals surface area contributed by atoms with Crippen molar-refractivity contribution in [2.24, 2.45) is 0 Å². The van der Waals surface area contributed by atoms with Gasteiger partial charge in [0.15, 0.2) is 0 Å². The second-order valence-corrected chi connectivity index (χ2v) is 3.59. The van der Waals surface area contributed by atoms with Crippen molar-refractivity contribution < 1.29 is 8.78 Å². The molecular weight excluding hydrogens is 210 g/mol. The fraction of sp³-hybridized carbons (Fsp3) is 0.500. The van der Waals surface area contributed by atoms with Crippen LogP contribution in [-0.2, 0) is 6.42 Å². The average molecular weight is 228 g/mol. The summed E-state index contributed by atoms with van der Waals surface area (Å²) in [5, 5.41) is 6.37. The monoisotopic (exact) mass is 228 g/mol. The number of hydrogen-bond acceptors (Lipinski definition) is 2. The Hall–Kier alpha value is -1.00. The van der Waals surface area contributed by atoms with Crippen molar-refractivity contribution in [3.05, 3.63) is 35.4 Å². The van der Waals surface area contributed by atoms with Crippen LogP contribution >= 0.6 is 0 Å². The number of nitrogens with one attached hydrogen (secondary N) is 2. The zero-order valence-corrected chi connectivity index (χ0v) is 9.52. The Morgan fingerprint density at radius 2 is 1.81 bits per heavy atom. The molecule has 0 heterocycles. The average Bonchev–Trinajstić information content (AvgIpc) is 2.26. The normalized spacial score (nSPS) is 10.7. The molecule has 0 saturated heterocycles. The molecule has 0 aliphatic heterocycles. The van der Waals surface area contributed by atoms with Gasteiger partial charge in [-0.3, -0.25) is 0 Å². The van der Waals surface area contributed by atoms with Crippen molar-refractivity contribution in [3.8, 4) is 0 Å². The SMILES string of the molecule is CCNCCNCCc1ccc(F)cc1F. The minimum Gasteiger partial charge on any atom is -0.316 e. The standard InChI is InChI=1S/C12H18F2N2/c1-2-15-7-8-16-6-5-10-3-4-11(13)9-12(10)14/h3-4,9,15-16H,2,5-8H2,1H3. The zero-order chi connectivity index (χ0) is 11.8. The summed E-state index contributed by atoms with van der Waals surface area (Å²) in [6, 6.07) is 3.71. The van der Waals surface area contributed by atoms with Crippen molar-refractivity contribution in [1.82, 2.24) is 10.6 Å². The molecule has 16 heavy (non-hydrogen) atoms. The lowest BCUT2D eigenvalue weighted by molar-refractivity contribution is 0.564. The van der Waals surface area contributed by atoms with Gasteiger partial charge in [-0.25, -0.2) is 8.78 Å². The van der Waals surface area contributed by atoms with Crippen molar-refractivity contribution >= 4 is 0 Å². The highest BCUT2D eigenvalue weighted by atomic mass is 19.1. The van der Waals surface area contributed by atoms with Gasteiger partial charge >= 0.3 is 0 Å². The summed E-state index contributed by atoms with van der Waals surface area (Å²) in [7, 11) is 0. The van der Waals surface area contributed by atoms with Gasteiger partial charge in [-0.2, -0.15) is 0 Å². The van der Waals surface area contributed by atoms with Gasteiger partial charge in [0, 0.05) is 19.2 Å². The molecule has 4 heteroatoms. The van der Waals surface area contributed by atoms with Crippen molar-refractivity contribution in [3.63, 3.8) is 0 Å². The van der Waals surface area contributed by atoms with Crippen LogP contribution in [0.4, 0.5) is 8.78 Å². The fourth-order valence-corrected chi connectivity index (χ4v) is 1.43. The summed E-state index contributed by atoms with van der Waals surface area (Å²) in [6.07, 6.45) is 0.582. The smallest absolute Gasteiger partial charge is 0.129 e. The predicted octanol–water partition coefficient (Wildman–Crippen LogP) is 1.71. The third-order valence-corrected chi connectivity index (χ3v) is 2.31. The first-order chi connectivity index (χ1) is 7.74. The topological polar surface area (TPSA) is 24.1 Å². The summed E-state index contributed by atoms with van der Waals surface area (Å²) in [4.78, 5) is 0. The molecule has 0 atom stereocenters. The van der Waals surface area contributed by atoms with Crippen molar-refractivity contribution in [2.45, 2.75) is 13.3 Å². The molecule has 0 amide bonds. The van der Waals surface area contributed by atoms with E-state index in [-0.39, 0.29) is 0 Å². The van der Waals surface area contributed by atoms with E-state index >= 15 is 0 Å². The van der Waals surface area contributed by atoms with Crippen LogP contribution in [0.25, 0.3) is 0 Å². The number of halogens is 2. The fourth-order valence-electron chi connectivity index (χ4n) is 1.43. The van der Waals surface area contributed by atoms with Gasteiger partial charge in [-0.15, -0.1) is 0 Å². The summed E-state index contributed by atoms with van der Waals surface area (Å²) >= 11 is 0. The van der Waals surface area contributed by atoms with Gasteiger partial charge < -0.3 is 10.6 Å². The predicted molar refractivity (Wildman–Crippen MR) is 61.5 cm³/mol. The van der Waals surface area contributed by atoms with Crippen molar-refractivity contribution in [1.29, 1.82) is 0 Å². The molecule has 0 aliphatic rings. The summed E-state index contributed by atoms with van der Waals surface area (Å²) < 4.78 is 25.8. The first-order valence-corrected chi connectivity index (χ1v) is 5.59. The highest BCUT2D eigenvalue weighted by Crippen LogP contribution is 2.09. The van der Waals surface area contributed by atoms with Crippen LogP contribution in [0.2, 0.25) is 0 Å². The van der Waals surface area contributed by atoms with E-state index in [0.29, 0.717) is 18.5 Å². The van der Waals surface area contributed by atoms with Crippen LogP contribution in [0.1, 0.15) is 12.5 Å². The first-order valence-electron chi connectivity index (χ1n) is 5.59. The number of likely N-dealkylation sites (N-methyl/N-ethyl adjacent to an activating group) is 1. The summed E-state index contributed by atoms with van der Waals surface area (Å²) in [6.45, 7) is 5.47. The quantitative estimate of drug-likeness (QED) is 0.694.